The highest BCUT2D eigenvalue weighted by molar-refractivity contribution is 7.99. The zero-order valence-corrected chi connectivity index (χ0v) is 14.2. The third kappa shape index (κ3) is 3.08. The Bertz CT molecular complexity index is 826. The Morgan fingerprint density at radius 3 is 2.42 bits per heavy atom. The number of halogens is 1. The number of aromatic nitrogens is 3. The number of para-hydroxylation sites is 1. The molecule has 1 fully saturated rings. The molecule has 1 unspecified atom stereocenters. The summed E-state index contributed by atoms with van der Waals surface area (Å²) in [5, 5.41) is 9.95. The molecule has 1 aliphatic carbocycles. The van der Waals surface area contributed by atoms with E-state index in [2.05, 4.69) is 33.8 Å². The summed E-state index contributed by atoms with van der Waals surface area (Å²) in [7, 11) is 0. The van der Waals surface area contributed by atoms with Crippen molar-refractivity contribution in [1.82, 2.24) is 14.8 Å². The molecule has 0 radical (unpaired) electrons. The fourth-order valence-corrected chi connectivity index (χ4v) is 3.74. The smallest absolute Gasteiger partial charge is 0.196 e. The van der Waals surface area contributed by atoms with E-state index in [0.717, 1.165) is 22.2 Å². The Kier molecular flexibility index (Phi) is 4.10. The molecule has 24 heavy (non-hydrogen) atoms. The standard InChI is InChI=1S/C19H18FN3S/c1-13(14-9-11-16(20)12-10-14)24-19-22-21-18(15-7-8-15)23(19)17-5-3-2-4-6-17/h2-6,9-13,15H,7-8H2,1H3. The van der Waals surface area contributed by atoms with Crippen LogP contribution >= 0.6 is 11.8 Å². The topological polar surface area (TPSA) is 30.7 Å². The number of benzene rings is 2. The third-order valence-corrected chi connectivity index (χ3v) is 5.34. The summed E-state index contributed by atoms with van der Waals surface area (Å²) < 4.78 is 15.3. The van der Waals surface area contributed by atoms with Crippen molar-refractivity contribution in [3.63, 3.8) is 0 Å². The minimum Gasteiger partial charge on any atom is -0.274 e. The summed E-state index contributed by atoms with van der Waals surface area (Å²) >= 11 is 1.66. The molecule has 3 aromatic rings. The van der Waals surface area contributed by atoms with E-state index in [0.29, 0.717) is 5.92 Å². The molecule has 0 amide bonds. The van der Waals surface area contributed by atoms with Crippen molar-refractivity contribution in [2.24, 2.45) is 0 Å². The van der Waals surface area contributed by atoms with Crippen molar-refractivity contribution < 1.29 is 4.39 Å². The maximum atomic E-state index is 13.1. The monoisotopic (exact) mass is 339 g/mol. The van der Waals surface area contributed by atoms with E-state index in [9.17, 15) is 4.39 Å². The summed E-state index contributed by atoms with van der Waals surface area (Å²) in [6.45, 7) is 2.11. The summed E-state index contributed by atoms with van der Waals surface area (Å²) in [6, 6.07) is 16.9. The molecule has 1 aromatic heterocycles. The molecule has 5 heteroatoms. The first kappa shape index (κ1) is 15.4. The molecule has 2 aromatic carbocycles. The predicted octanol–water partition coefficient (Wildman–Crippen LogP) is 5.14. The van der Waals surface area contributed by atoms with E-state index < -0.39 is 0 Å². The lowest BCUT2D eigenvalue weighted by atomic mass is 10.2. The van der Waals surface area contributed by atoms with Gasteiger partial charge in [0.25, 0.3) is 0 Å². The zero-order valence-electron chi connectivity index (χ0n) is 13.4. The molecule has 1 saturated carbocycles. The van der Waals surface area contributed by atoms with Crippen LogP contribution < -0.4 is 0 Å². The second-order valence-corrected chi connectivity index (χ2v) is 7.41. The Labute approximate surface area is 144 Å². The Morgan fingerprint density at radius 1 is 1.04 bits per heavy atom. The van der Waals surface area contributed by atoms with Gasteiger partial charge in [0.2, 0.25) is 0 Å². The molecule has 3 nitrogen and oxygen atoms in total. The lowest BCUT2D eigenvalue weighted by molar-refractivity contribution is 0.627. The van der Waals surface area contributed by atoms with Crippen molar-refractivity contribution in [3.05, 3.63) is 71.8 Å². The summed E-state index contributed by atoms with van der Waals surface area (Å²) in [5.41, 5.74) is 2.18. The van der Waals surface area contributed by atoms with E-state index in [1.807, 2.05) is 30.3 Å². The van der Waals surface area contributed by atoms with Gasteiger partial charge in [-0.3, -0.25) is 4.57 Å². The first-order chi connectivity index (χ1) is 11.7. The van der Waals surface area contributed by atoms with Crippen molar-refractivity contribution >= 4 is 11.8 Å². The Balaban J connectivity index is 1.67. The highest BCUT2D eigenvalue weighted by atomic mass is 32.2. The van der Waals surface area contributed by atoms with Crippen LogP contribution in [0.3, 0.4) is 0 Å². The van der Waals surface area contributed by atoms with E-state index >= 15 is 0 Å². The zero-order chi connectivity index (χ0) is 16.5. The van der Waals surface area contributed by atoms with Crippen LogP contribution in [-0.4, -0.2) is 14.8 Å². The van der Waals surface area contributed by atoms with Crippen molar-refractivity contribution in [3.8, 4) is 5.69 Å². The van der Waals surface area contributed by atoms with Gasteiger partial charge in [-0.15, -0.1) is 10.2 Å². The van der Waals surface area contributed by atoms with Gasteiger partial charge < -0.3 is 0 Å². The van der Waals surface area contributed by atoms with E-state index in [1.54, 1.807) is 11.8 Å². The van der Waals surface area contributed by atoms with Gasteiger partial charge in [0, 0.05) is 16.9 Å². The van der Waals surface area contributed by atoms with Crippen LogP contribution in [0.5, 0.6) is 0 Å². The number of thioether (sulfide) groups is 1. The van der Waals surface area contributed by atoms with Crippen LogP contribution in [0.25, 0.3) is 5.69 Å². The molecule has 0 aliphatic heterocycles. The summed E-state index contributed by atoms with van der Waals surface area (Å²) in [4.78, 5) is 0. The van der Waals surface area contributed by atoms with Crippen LogP contribution in [0.15, 0.2) is 59.8 Å². The fourth-order valence-electron chi connectivity index (χ4n) is 2.74. The summed E-state index contributed by atoms with van der Waals surface area (Å²) in [5.74, 6) is 1.36. The van der Waals surface area contributed by atoms with E-state index in [4.69, 9.17) is 0 Å². The first-order valence-electron chi connectivity index (χ1n) is 8.15. The highest BCUT2D eigenvalue weighted by Crippen LogP contribution is 2.42. The van der Waals surface area contributed by atoms with Gasteiger partial charge in [0.05, 0.1) is 0 Å². The molecule has 1 atom stereocenters. The number of rotatable bonds is 5. The molecular formula is C19H18FN3S. The quantitative estimate of drug-likeness (QED) is 0.603. The van der Waals surface area contributed by atoms with Gasteiger partial charge in [-0.25, -0.2) is 4.39 Å². The third-order valence-electron chi connectivity index (χ3n) is 4.24. The largest absolute Gasteiger partial charge is 0.274 e. The minimum absolute atomic E-state index is 0.171. The second kappa shape index (κ2) is 6.40. The van der Waals surface area contributed by atoms with Crippen LogP contribution in [-0.2, 0) is 0 Å². The molecule has 122 valence electrons. The lowest BCUT2D eigenvalue weighted by Gasteiger charge is -2.14. The van der Waals surface area contributed by atoms with Crippen molar-refractivity contribution in [1.29, 1.82) is 0 Å². The molecule has 1 heterocycles. The summed E-state index contributed by atoms with van der Waals surface area (Å²) in [6.07, 6.45) is 2.37. The molecule has 1 aliphatic rings. The van der Waals surface area contributed by atoms with Gasteiger partial charge in [-0.05, 0) is 49.6 Å². The maximum Gasteiger partial charge on any atom is 0.196 e. The van der Waals surface area contributed by atoms with E-state index in [1.165, 1.54) is 25.0 Å². The maximum absolute atomic E-state index is 13.1. The molecule has 0 N–H and O–H groups in total. The number of nitrogens with zero attached hydrogens (tertiary/aromatic N) is 3. The number of hydrogen-bond acceptors (Lipinski definition) is 3. The van der Waals surface area contributed by atoms with Crippen LogP contribution in [0.4, 0.5) is 4.39 Å². The molecule has 0 bridgehead atoms. The average Bonchev–Trinajstić information content (AvgIpc) is 3.37. The molecule has 4 rings (SSSR count). The van der Waals surface area contributed by atoms with Crippen LogP contribution in [0.2, 0.25) is 0 Å². The van der Waals surface area contributed by atoms with Gasteiger partial charge >= 0.3 is 0 Å². The Morgan fingerprint density at radius 2 is 1.75 bits per heavy atom. The lowest BCUT2D eigenvalue weighted by Crippen LogP contribution is -2.02. The predicted molar refractivity (Wildman–Crippen MR) is 94.0 cm³/mol. The van der Waals surface area contributed by atoms with Crippen LogP contribution in [0.1, 0.15) is 42.3 Å². The van der Waals surface area contributed by atoms with Crippen molar-refractivity contribution in [2.75, 3.05) is 0 Å². The van der Waals surface area contributed by atoms with Crippen LogP contribution in [0, 0.1) is 5.82 Å². The van der Waals surface area contributed by atoms with E-state index in [-0.39, 0.29) is 11.1 Å². The van der Waals surface area contributed by atoms with Gasteiger partial charge in [0.1, 0.15) is 11.6 Å². The fraction of sp³-hybridized carbons (Fsp3) is 0.263. The van der Waals surface area contributed by atoms with Gasteiger partial charge in [0.15, 0.2) is 5.16 Å². The molecule has 0 saturated heterocycles. The molecule has 0 spiro atoms. The van der Waals surface area contributed by atoms with Gasteiger partial charge in [-0.1, -0.05) is 42.1 Å². The number of hydrogen-bond donors (Lipinski definition) is 0. The Hall–Kier alpha value is -2.14. The minimum atomic E-state index is -0.209. The SMILES string of the molecule is CC(Sc1nnc(C2CC2)n1-c1ccccc1)c1ccc(F)cc1. The van der Waals surface area contributed by atoms with Gasteiger partial charge in [-0.2, -0.15) is 0 Å². The highest BCUT2D eigenvalue weighted by Gasteiger charge is 2.31. The second-order valence-electron chi connectivity index (χ2n) is 6.10. The first-order valence-corrected chi connectivity index (χ1v) is 9.03. The normalized spacial score (nSPS) is 15.4. The molecular weight excluding hydrogens is 321 g/mol. The van der Waals surface area contributed by atoms with Crippen molar-refractivity contribution in [2.45, 2.75) is 36.1 Å². The average molecular weight is 339 g/mol.